The fraction of sp³-hybridized carbons (Fsp3) is 1.00. The van der Waals surface area contributed by atoms with Crippen molar-refractivity contribution in [2.45, 2.75) is 64.8 Å². The minimum Gasteiger partial charge on any atom is -0.314 e. The first-order chi connectivity index (χ1) is 7.35. The molecule has 0 bridgehead atoms. The summed E-state index contributed by atoms with van der Waals surface area (Å²) in [6.45, 7) is 5.71. The fourth-order valence-corrected chi connectivity index (χ4v) is 2.29. The van der Waals surface area contributed by atoms with Crippen molar-refractivity contribution in [2.24, 2.45) is 0 Å². The molecule has 0 aromatic carbocycles. The molecule has 1 nitrogen and oxygen atoms in total. The zero-order valence-corrected chi connectivity index (χ0v) is 11.7. The van der Waals surface area contributed by atoms with Crippen molar-refractivity contribution in [3.63, 3.8) is 0 Å². The van der Waals surface area contributed by atoms with Crippen LogP contribution in [-0.2, 0) is 0 Å². The Hall–Kier alpha value is 0.310. The Labute approximate surface area is 101 Å². The van der Waals surface area contributed by atoms with Crippen molar-refractivity contribution in [1.82, 2.24) is 5.32 Å². The molecule has 0 saturated carbocycles. The van der Waals surface area contributed by atoms with Gasteiger partial charge in [0.15, 0.2) is 0 Å². The lowest BCUT2D eigenvalue weighted by atomic mass is 10.1. The van der Waals surface area contributed by atoms with Gasteiger partial charge < -0.3 is 5.32 Å². The molecule has 0 radical (unpaired) electrons. The van der Waals surface area contributed by atoms with Crippen molar-refractivity contribution >= 4 is 11.8 Å². The van der Waals surface area contributed by atoms with E-state index < -0.39 is 0 Å². The van der Waals surface area contributed by atoms with Gasteiger partial charge >= 0.3 is 0 Å². The van der Waals surface area contributed by atoms with E-state index in [1.54, 1.807) is 0 Å². The van der Waals surface area contributed by atoms with Gasteiger partial charge in [-0.1, -0.05) is 39.5 Å². The minimum atomic E-state index is 0.772. The van der Waals surface area contributed by atoms with Gasteiger partial charge in [0.1, 0.15) is 0 Å². The monoisotopic (exact) mass is 231 g/mol. The van der Waals surface area contributed by atoms with Crippen molar-refractivity contribution in [1.29, 1.82) is 0 Å². The molecule has 92 valence electrons. The summed E-state index contributed by atoms with van der Waals surface area (Å²) in [5.74, 6) is 1.30. The lowest BCUT2D eigenvalue weighted by Crippen LogP contribution is -2.30. The highest BCUT2D eigenvalue weighted by molar-refractivity contribution is 7.98. The molecular formula is C13H29NS. The third-order valence-corrected chi connectivity index (χ3v) is 3.40. The van der Waals surface area contributed by atoms with E-state index in [4.69, 9.17) is 0 Å². The van der Waals surface area contributed by atoms with Crippen LogP contribution >= 0.6 is 11.8 Å². The van der Waals surface area contributed by atoms with Crippen LogP contribution < -0.4 is 5.32 Å². The summed E-state index contributed by atoms with van der Waals surface area (Å²) in [5.41, 5.74) is 0. The number of unbranched alkanes of at least 4 members (excludes halogenated alkanes) is 3. The van der Waals surface area contributed by atoms with Crippen LogP contribution in [0.4, 0.5) is 0 Å². The molecule has 0 saturated heterocycles. The van der Waals surface area contributed by atoms with E-state index >= 15 is 0 Å². The third kappa shape index (κ3) is 10.6. The molecule has 0 aliphatic carbocycles. The summed E-state index contributed by atoms with van der Waals surface area (Å²) < 4.78 is 0. The molecule has 0 amide bonds. The number of nitrogens with one attached hydrogen (secondary N) is 1. The summed E-state index contributed by atoms with van der Waals surface area (Å²) in [6.07, 6.45) is 11.7. The highest BCUT2D eigenvalue weighted by Crippen LogP contribution is 2.10. The van der Waals surface area contributed by atoms with Crippen LogP contribution in [0, 0.1) is 0 Å². The molecule has 0 heterocycles. The minimum absolute atomic E-state index is 0.772. The molecule has 1 atom stereocenters. The number of hydrogen-bond acceptors (Lipinski definition) is 2. The van der Waals surface area contributed by atoms with Crippen molar-refractivity contribution in [2.75, 3.05) is 18.6 Å². The molecule has 0 aliphatic heterocycles. The second-order valence-electron chi connectivity index (χ2n) is 4.28. The fourth-order valence-electron chi connectivity index (χ4n) is 1.77. The molecule has 2 heteroatoms. The molecule has 0 rings (SSSR count). The van der Waals surface area contributed by atoms with Crippen LogP contribution in [0.25, 0.3) is 0 Å². The standard InChI is InChI=1S/C13H29NS/c1-4-6-7-8-9-13(10-12-15-3)14-11-5-2/h13-14H,4-12H2,1-3H3. The van der Waals surface area contributed by atoms with Crippen LogP contribution in [0.3, 0.4) is 0 Å². The normalized spacial score (nSPS) is 13.0. The van der Waals surface area contributed by atoms with Gasteiger partial charge in [0.2, 0.25) is 0 Å². The van der Waals surface area contributed by atoms with E-state index in [1.165, 1.54) is 57.2 Å². The summed E-state index contributed by atoms with van der Waals surface area (Å²) in [4.78, 5) is 0. The van der Waals surface area contributed by atoms with Crippen molar-refractivity contribution < 1.29 is 0 Å². The first-order valence-corrected chi connectivity index (χ1v) is 7.96. The summed E-state index contributed by atoms with van der Waals surface area (Å²) >= 11 is 1.97. The maximum absolute atomic E-state index is 3.67. The van der Waals surface area contributed by atoms with E-state index in [2.05, 4.69) is 25.4 Å². The Kier molecular flexibility index (Phi) is 12.6. The van der Waals surface area contributed by atoms with Crippen LogP contribution in [0.1, 0.15) is 58.8 Å². The largest absolute Gasteiger partial charge is 0.314 e. The van der Waals surface area contributed by atoms with Gasteiger partial charge in [-0.05, 0) is 37.8 Å². The number of hydrogen-bond donors (Lipinski definition) is 1. The molecular weight excluding hydrogens is 202 g/mol. The third-order valence-electron chi connectivity index (χ3n) is 2.76. The van der Waals surface area contributed by atoms with Gasteiger partial charge in [-0.15, -0.1) is 0 Å². The maximum Gasteiger partial charge on any atom is 0.00749 e. The van der Waals surface area contributed by atoms with E-state index in [0.29, 0.717) is 0 Å². The van der Waals surface area contributed by atoms with Crippen LogP contribution in [-0.4, -0.2) is 24.6 Å². The Morgan fingerprint density at radius 1 is 1.00 bits per heavy atom. The summed E-state index contributed by atoms with van der Waals surface area (Å²) in [6, 6.07) is 0.772. The van der Waals surface area contributed by atoms with Gasteiger partial charge in [-0.25, -0.2) is 0 Å². The molecule has 15 heavy (non-hydrogen) atoms. The van der Waals surface area contributed by atoms with Gasteiger partial charge in [0.25, 0.3) is 0 Å². The zero-order chi connectivity index (χ0) is 11.4. The first-order valence-electron chi connectivity index (χ1n) is 6.57. The topological polar surface area (TPSA) is 12.0 Å². The molecule has 0 aromatic rings. The van der Waals surface area contributed by atoms with Gasteiger partial charge in [0.05, 0.1) is 0 Å². The lowest BCUT2D eigenvalue weighted by molar-refractivity contribution is 0.447. The van der Waals surface area contributed by atoms with Crippen LogP contribution in [0.15, 0.2) is 0 Å². The van der Waals surface area contributed by atoms with E-state index in [-0.39, 0.29) is 0 Å². The van der Waals surface area contributed by atoms with Gasteiger partial charge in [-0.2, -0.15) is 11.8 Å². The summed E-state index contributed by atoms with van der Waals surface area (Å²) in [7, 11) is 0. The molecule has 1 unspecified atom stereocenters. The quantitative estimate of drug-likeness (QED) is 0.538. The van der Waals surface area contributed by atoms with Crippen molar-refractivity contribution in [3.05, 3.63) is 0 Å². The lowest BCUT2D eigenvalue weighted by Gasteiger charge is -2.17. The number of rotatable bonds is 11. The van der Waals surface area contributed by atoms with Crippen molar-refractivity contribution in [3.8, 4) is 0 Å². The van der Waals surface area contributed by atoms with Gasteiger partial charge in [0, 0.05) is 6.04 Å². The Bertz CT molecular complexity index is 109. The average molecular weight is 231 g/mol. The zero-order valence-electron chi connectivity index (χ0n) is 10.8. The average Bonchev–Trinajstić information content (AvgIpc) is 2.27. The van der Waals surface area contributed by atoms with E-state index in [0.717, 1.165) is 6.04 Å². The molecule has 0 aliphatic rings. The highest BCUT2D eigenvalue weighted by Gasteiger charge is 2.06. The smallest absolute Gasteiger partial charge is 0.00749 e. The maximum atomic E-state index is 3.67. The highest BCUT2D eigenvalue weighted by atomic mass is 32.2. The summed E-state index contributed by atoms with van der Waals surface area (Å²) in [5, 5.41) is 3.67. The van der Waals surface area contributed by atoms with Crippen LogP contribution in [0.2, 0.25) is 0 Å². The Morgan fingerprint density at radius 3 is 2.40 bits per heavy atom. The predicted molar refractivity (Wildman–Crippen MR) is 73.8 cm³/mol. The number of thioether (sulfide) groups is 1. The molecule has 0 aromatic heterocycles. The predicted octanol–water partition coefficient (Wildman–Crippen LogP) is 4.08. The Balaban J connectivity index is 3.49. The molecule has 1 N–H and O–H groups in total. The van der Waals surface area contributed by atoms with Crippen LogP contribution in [0.5, 0.6) is 0 Å². The first kappa shape index (κ1) is 15.3. The SMILES string of the molecule is CCCCCCC(CCSC)NCCC. The Morgan fingerprint density at radius 2 is 1.80 bits per heavy atom. The van der Waals surface area contributed by atoms with E-state index in [9.17, 15) is 0 Å². The molecule has 0 fully saturated rings. The van der Waals surface area contributed by atoms with E-state index in [1.807, 2.05) is 11.8 Å². The second kappa shape index (κ2) is 12.4. The second-order valence-corrected chi connectivity index (χ2v) is 5.27. The van der Waals surface area contributed by atoms with Gasteiger partial charge in [-0.3, -0.25) is 0 Å². The molecule has 0 spiro atoms.